The number of hydrogen-bond acceptors (Lipinski definition) is 3. The molecule has 0 saturated carbocycles. The van der Waals surface area contributed by atoms with Crippen LogP contribution < -0.4 is 5.32 Å². The second kappa shape index (κ2) is 6.10. The van der Waals surface area contributed by atoms with Crippen LogP contribution in [-0.2, 0) is 7.05 Å². The highest BCUT2D eigenvalue weighted by atomic mass is 32.2. The lowest BCUT2D eigenvalue weighted by Gasteiger charge is -2.20. The van der Waals surface area contributed by atoms with Crippen LogP contribution in [0.4, 0.5) is 0 Å². The molecule has 1 aromatic heterocycles. The van der Waals surface area contributed by atoms with Crippen LogP contribution in [0.15, 0.2) is 11.2 Å². The standard InChI is InChI=1S/C12H21N3OS/c1-6-10(8(2)3)13-11(16)9-7-15(4)14-12(9)17-5/h7-8,10H,6H2,1-5H3,(H,13,16). The lowest BCUT2D eigenvalue weighted by atomic mass is 10.0. The minimum atomic E-state index is -0.0250. The first-order valence-corrected chi connectivity index (χ1v) is 7.10. The molecule has 0 bridgehead atoms. The Labute approximate surface area is 107 Å². The quantitative estimate of drug-likeness (QED) is 0.821. The molecule has 0 aliphatic heterocycles. The average molecular weight is 255 g/mol. The predicted molar refractivity (Wildman–Crippen MR) is 71.4 cm³/mol. The van der Waals surface area contributed by atoms with E-state index in [2.05, 4.69) is 31.2 Å². The Balaban J connectivity index is 2.81. The van der Waals surface area contributed by atoms with Gasteiger partial charge >= 0.3 is 0 Å². The van der Waals surface area contributed by atoms with E-state index < -0.39 is 0 Å². The molecule has 1 heterocycles. The average Bonchev–Trinajstić information content (AvgIpc) is 2.66. The molecule has 96 valence electrons. The molecule has 17 heavy (non-hydrogen) atoms. The highest BCUT2D eigenvalue weighted by Gasteiger charge is 2.19. The second-order valence-electron chi connectivity index (χ2n) is 4.46. The number of nitrogens with zero attached hydrogens (tertiary/aromatic N) is 2. The minimum Gasteiger partial charge on any atom is -0.349 e. The van der Waals surface area contributed by atoms with Crippen LogP contribution in [0.1, 0.15) is 37.6 Å². The summed E-state index contributed by atoms with van der Waals surface area (Å²) >= 11 is 1.49. The molecular weight excluding hydrogens is 234 g/mol. The van der Waals surface area contributed by atoms with Crippen LogP contribution in [0, 0.1) is 5.92 Å². The van der Waals surface area contributed by atoms with Crippen LogP contribution in [0.5, 0.6) is 0 Å². The summed E-state index contributed by atoms with van der Waals surface area (Å²) in [4.78, 5) is 12.1. The maximum atomic E-state index is 12.1. The van der Waals surface area contributed by atoms with Crippen molar-refractivity contribution in [1.82, 2.24) is 15.1 Å². The van der Waals surface area contributed by atoms with E-state index in [-0.39, 0.29) is 11.9 Å². The summed E-state index contributed by atoms with van der Waals surface area (Å²) in [5.74, 6) is 0.418. The molecule has 4 nitrogen and oxygen atoms in total. The minimum absolute atomic E-state index is 0.0250. The number of carbonyl (C=O) groups is 1. The molecule has 0 saturated heterocycles. The van der Waals surface area contributed by atoms with E-state index in [1.807, 2.05) is 13.3 Å². The Morgan fingerprint density at radius 1 is 1.59 bits per heavy atom. The number of aryl methyl sites for hydroxylation is 1. The van der Waals surface area contributed by atoms with Crippen molar-refractivity contribution in [3.05, 3.63) is 11.8 Å². The Hall–Kier alpha value is -0.970. The number of hydrogen-bond donors (Lipinski definition) is 1. The van der Waals surface area contributed by atoms with Gasteiger partial charge in [0.25, 0.3) is 5.91 Å². The molecule has 0 aliphatic rings. The molecule has 0 radical (unpaired) electrons. The summed E-state index contributed by atoms with van der Waals surface area (Å²) in [5.41, 5.74) is 0.666. The lowest BCUT2D eigenvalue weighted by molar-refractivity contribution is 0.0921. The number of rotatable bonds is 5. The monoisotopic (exact) mass is 255 g/mol. The van der Waals surface area contributed by atoms with Crippen molar-refractivity contribution < 1.29 is 4.79 Å². The van der Waals surface area contributed by atoms with E-state index in [1.165, 1.54) is 11.8 Å². The Morgan fingerprint density at radius 2 is 2.24 bits per heavy atom. The fraction of sp³-hybridized carbons (Fsp3) is 0.667. The molecule has 1 aromatic rings. The molecule has 1 unspecified atom stereocenters. The molecule has 0 aromatic carbocycles. The maximum absolute atomic E-state index is 12.1. The smallest absolute Gasteiger partial charge is 0.255 e. The van der Waals surface area contributed by atoms with E-state index in [4.69, 9.17) is 0 Å². The molecule has 0 fully saturated rings. The third-order valence-corrected chi connectivity index (χ3v) is 3.48. The molecular formula is C12H21N3OS. The van der Waals surface area contributed by atoms with Gasteiger partial charge in [-0.25, -0.2) is 0 Å². The highest BCUT2D eigenvalue weighted by Crippen LogP contribution is 2.18. The van der Waals surface area contributed by atoms with E-state index in [0.29, 0.717) is 11.5 Å². The largest absolute Gasteiger partial charge is 0.349 e. The zero-order valence-electron chi connectivity index (χ0n) is 11.2. The summed E-state index contributed by atoms with van der Waals surface area (Å²) in [6.07, 6.45) is 4.64. The van der Waals surface area contributed by atoms with Crippen molar-refractivity contribution in [2.45, 2.75) is 38.3 Å². The van der Waals surface area contributed by atoms with Gasteiger partial charge in [0.2, 0.25) is 0 Å². The summed E-state index contributed by atoms with van der Waals surface area (Å²) in [5, 5.41) is 8.09. The van der Waals surface area contributed by atoms with Gasteiger partial charge in [0.1, 0.15) is 5.03 Å². The van der Waals surface area contributed by atoms with Gasteiger partial charge < -0.3 is 5.32 Å². The molecule has 5 heteroatoms. The molecule has 1 atom stereocenters. The second-order valence-corrected chi connectivity index (χ2v) is 5.25. The lowest BCUT2D eigenvalue weighted by Crippen LogP contribution is -2.38. The Kier molecular flexibility index (Phi) is 5.05. The first kappa shape index (κ1) is 14.1. The Morgan fingerprint density at radius 3 is 2.71 bits per heavy atom. The van der Waals surface area contributed by atoms with E-state index >= 15 is 0 Å². The van der Waals surface area contributed by atoms with Crippen LogP contribution in [0.2, 0.25) is 0 Å². The molecule has 1 rings (SSSR count). The van der Waals surface area contributed by atoms with Crippen molar-refractivity contribution in [3.8, 4) is 0 Å². The van der Waals surface area contributed by atoms with E-state index in [9.17, 15) is 4.79 Å². The van der Waals surface area contributed by atoms with Crippen LogP contribution >= 0.6 is 11.8 Å². The van der Waals surface area contributed by atoms with E-state index in [0.717, 1.165) is 11.4 Å². The normalized spacial score (nSPS) is 12.8. The molecule has 1 N–H and O–H groups in total. The maximum Gasteiger partial charge on any atom is 0.255 e. The third kappa shape index (κ3) is 3.49. The van der Waals surface area contributed by atoms with Crippen molar-refractivity contribution >= 4 is 17.7 Å². The van der Waals surface area contributed by atoms with Gasteiger partial charge in [-0.3, -0.25) is 9.48 Å². The fourth-order valence-electron chi connectivity index (χ4n) is 1.76. The first-order valence-electron chi connectivity index (χ1n) is 5.88. The van der Waals surface area contributed by atoms with Gasteiger partial charge in [0, 0.05) is 19.3 Å². The Bertz CT molecular complexity index is 387. The third-order valence-electron chi connectivity index (χ3n) is 2.79. The zero-order chi connectivity index (χ0) is 13.0. The SMILES string of the molecule is CCC(NC(=O)c1cn(C)nc1SC)C(C)C. The van der Waals surface area contributed by atoms with E-state index in [1.54, 1.807) is 10.9 Å². The van der Waals surface area contributed by atoms with Gasteiger partial charge in [-0.05, 0) is 18.6 Å². The molecule has 0 aliphatic carbocycles. The number of carbonyl (C=O) groups excluding carboxylic acids is 1. The first-order chi connectivity index (χ1) is 7.99. The van der Waals surface area contributed by atoms with Crippen molar-refractivity contribution in [1.29, 1.82) is 0 Å². The highest BCUT2D eigenvalue weighted by molar-refractivity contribution is 7.98. The summed E-state index contributed by atoms with van der Waals surface area (Å²) < 4.78 is 1.68. The summed E-state index contributed by atoms with van der Waals surface area (Å²) in [6, 6.07) is 0.220. The topological polar surface area (TPSA) is 46.9 Å². The number of amides is 1. The van der Waals surface area contributed by atoms with Crippen LogP contribution in [-0.4, -0.2) is 28.0 Å². The van der Waals surface area contributed by atoms with Gasteiger partial charge in [0.15, 0.2) is 0 Å². The van der Waals surface area contributed by atoms with Gasteiger partial charge in [-0.2, -0.15) is 5.10 Å². The predicted octanol–water partition coefficient (Wildman–Crippen LogP) is 2.31. The van der Waals surface area contributed by atoms with Gasteiger partial charge in [-0.15, -0.1) is 11.8 Å². The molecule has 0 spiro atoms. The van der Waals surface area contributed by atoms with Crippen LogP contribution in [0.3, 0.4) is 0 Å². The number of thioether (sulfide) groups is 1. The van der Waals surface area contributed by atoms with Crippen molar-refractivity contribution in [3.63, 3.8) is 0 Å². The number of aromatic nitrogens is 2. The van der Waals surface area contributed by atoms with Crippen LogP contribution in [0.25, 0.3) is 0 Å². The number of nitrogens with one attached hydrogen (secondary N) is 1. The van der Waals surface area contributed by atoms with Crippen molar-refractivity contribution in [2.75, 3.05) is 6.26 Å². The van der Waals surface area contributed by atoms with Crippen molar-refractivity contribution in [2.24, 2.45) is 13.0 Å². The fourth-order valence-corrected chi connectivity index (χ4v) is 2.34. The summed E-state index contributed by atoms with van der Waals surface area (Å²) in [7, 11) is 1.83. The zero-order valence-corrected chi connectivity index (χ0v) is 12.0. The van der Waals surface area contributed by atoms with Gasteiger partial charge in [0.05, 0.1) is 5.56 Å². The summed E-state index contributed by atoms with van der Waals surface area (Å²) in [6.45, 7) is 6.32. The molecule has 1 amide bonds. The van der Waals surface area contributed by atoms with Gasteiger partial charge in [-0.1, -0.05) is 20.8 Å².